The Morgan fingerprint density at radius 2 is 1.95 bits per heavy atom. The Hall–Kier alpha value is -0.970. The summed E-state index contributed by atoms with van der Waals surface area (Å²) in [5.41, 5.74) is 0.0305. The van der Waals surface area contributed by atoms with E-state index in [1.54, 1.807) is 18.2 Å². The third-order valence-electron chi connectivity index (χ3n) is 3.18. The lowest BCUT2D eigenvalue weighted by Gasteiger charge is -2.38. The number of hydrogen-bond donors (Lipinski definition) is 0. The average Bonchev–Trinajstić information content (AvgIpc) is 2.38. The molecular formula is C15H21FO3. The summed E-state index contributed by atoms with van der Waals surface area (Å²) in [5, 5.41) is 0. The van der Waals surface area contributed by atoms with Gasteiger partial charge in [0.25, 0.3) is 0 Å². The molecule has 0 bridgehead atoms. The summed E-state index contributed by atoms with van der Waals surface area (Å²) < 4.78 is 30.5. The zero-order valence-electron chi connectivity index (χ0n) is 11.7. The third kappa shape index (κ3) is 3.75. The summed E-state index contributed by atoms with van der Waals surface area (Å²) in [5.74, 6) is 0.0694. The van der Waals surface area contributed by atoms with E-state index < -0.39 is 5.60 Å². The van der Waals surface area contributed by atoms with Crippen LogP contribution in [0, 0.1) is 11.7 Å². The van der Waals surface area contributed by atoms with Crippen LogP contribution in [0.5, 0.6) is 0 Å². The molecule has 4 heteroatoms. The summed E-state index contributed by atoms with van der Waals surface area (Å²) in [4.78, 5) is 0. The molecule has 3 nitrogen and oxygen atoms in total. The van der Waals surface area contributed by atoms with Gasteiger partial charge in [0.2, 0.25) is 0 Å². The van der Waals surface area contributed by atoms with Gasteiger partial charge in [-0.25, -0.2) is 4.39 Å². The molecule has 1 aliphatic rings. The van der Waals surface area contributed by atoms with Gasteiger partial charge < -0.3 is 14.2 Å². The van der Waals surface area contributed by atoms with E-state index in [9.17, 15) is 4.39 Å². The van der Waals surface area contributed by atoms with Crippen LogP contribution in [-0.2, 0) is 20.8 Å². The first-order chi connectivity index (χ1) is 9.00. The molecule has 1 saturated heterocycles. The zero-order valence-corrected chi connectivity index (χ0v) is 11.7. The maximum absolute atomic E-state index is 13.5. The molecule has 0 saturated carbocycles. The van der Waals surface area contributed by atoms with Crippen molar-refractivity contribution in [3.63, 3.8) is 0 Å². The molecule has 0 radical (unpaired) electrons. The fourth-order valence-electron chi connectivity index (χ4n) is 1.94. The molecule has 106 valence electrons. The molecule has 0 amide bonds. The minimum Gasteiger partial charge on any atom is -0.366 e. The van der Waals surface area contributed by atoms with Crippen molar-refractivity contribution in [3.05, 3.63) is 35.6 Å². The molecule has 1 fully saturated rings. The van der Waals surface area contributed by atoms with Crippen LogP contribution in [0.1, 0.15) is 26.3 Å². The van der Waals surface area contributed by atoms with Gasteiger partial charge in [0.05, 0.1) is 19.8 Å². The van der Waals surface area contributed by atoms with Crippen molar-refractivity contribution < 1.29 is 18.6 Å². The highest BCUT2D eigenvalue weighted by Gasteiger charge is 2.34. The van der Waals surface area contributed by atoms with Gasteiger partial charge in [-0.1, -0.05) is 32.0 Å². The summed E-state index contributed by atoms with van der Waals surface area (Å²) >= 11 is 0. The van der Waals surface area contributed by atoms with Gasteiger partial charge in [0, 0.05) is 11.5 Å². The van der Waals surface area contributed by atoms with Crippen molar-refractivity contribution in [2.75, 3.05) is 13.2 Å². The molecule has 1 aromatic rings. The summed E-state index contributed by atoms with van der Waals surface area (Å²) in [6.07, 6.45) is -0.176. The Morgan fingerprint density at radius 3 is 2.53 bits per heavy atom. The lowest BCUT2D eigenvalue weighted by atomic mass is 10.1. The normalized spacial score (nSPS) is 27.7. The highest BCUT2D eigenvalue weighted by Crippen LogP contribution is 2.24. The number of ether oxygens (including phenoxy) is 3. The van der Waals surface area contributed by atoms with Gasteiger partial charge in [-0.2, -0.15) is 0 Å². The van der Waals surface area contributed by atoms with Crippen LogP contribution in [-0.4, -0.2) is 25.1 Å². The van der Waals surface area contributed by atoms with Crippen molar-refractivity contribution >= 4 is 0 Å². The quantitative estimate of drug-likeness (QED) is 0.839. The van der Waals surface area contributed by atoms with Crippen LogP contribution in [0.15, 0.2) is 24.3 Å². The maximum Gasteiger partial charge on any atom is 0.160 e. The van der Waals surface area contributed by atoms with E-state index >= 15 is 0 Å². The first-order valence-corrected chi connectivity index (χ1v) is 6.61. The Bertz CT molecular complexity index is 412. The molecular weight excluding hydrogens is 247 g/mol. The van der Waals surface area contributed by atoms with Gasteiger partial charge in [-0.05, 0) is 13.0 Å². The minimum absolute atomic E-state index is 0.176. The fourth-order valence-corrected chi connectivity index (χ4v) is 1.94. The van der Waals surface area contributed by atoms with Gasteiger partial charge in [-0.15, -0.1) is 0 Å². The molecule has 0 N–H and O–H groups in total. The van der Waals surface area contributed by atoms with E-state index in [1.807, 2.05) is 20.8 Å². The average molecular weight is 268 g/mol. The maximum atomic E-state index is 13.5. The molecule has 1 aromatic carbocycles. The van der Waals surface area contributed by atoms with Crippen molar-refractivity contribution in [3.8, 4) is 0 Å². The van der Waals surface area contributed by atoms with Crippen molar-refractivity contribution in [2.24, 2.45) is 5.92 Å². The van der Waals surface area contributed by atoms with E-state index in [0.29, 0.717) is 24.7 Å². The van der Waals surface area contributed by atoms with Crippen LogP contribution in [0.4, 0.5) is 4.39 Å². The SMILES string of the molecule is CC(C)C1OCC(C)(OCc2ccccc2F)CO1. The Morgan fingerprint density at radius 1 is 1.32 bits per heavy atom. The lowest BCUT2D eigenvalue weighted by molar-refractivity contribution is -0.275. The molecule has 1 aliphatic heterocycles. The highest BCUT2D eigenvalue weighted by molar-refractivity contribution is 5.16. The first kappa shape index (κ1) is 14.4. The van der Waals surface area contributed by atoms with Crippen LogP contribution < -0.4 is 0 Å². The van der Waals surface area contributed by atoms with Crippen LogP contribution in [0.2, 0.25) is 0 Å². The second-order valence-corrected chi connectivity index (χ2v) is 5.56. The smallest absolute Gasteiger partial charge is 0.160 e. The van der Waals surface area contributed by atoms with Crippen LogP contribution in [0.25, 0.3) is 0 Å². The second kappa shape index (κ2) is 5.99. The molecule has 1 heterocycles. The Balaban J connectivity index is 1.88. The van der Waals surface area contributed by atoms with E-state index in [1.165, 1.54) is 6.07 Å². The zero-order chi connectivity index (χ0) is 13.9. The fraction of sp³-hybridized carbons (Fsp3) is 0.600. The van der Waals surface area contributed by atoms with Gasteiger partial charge in [0.15, 0.2) is 6.29 Å². The molecule has 0 aliphatic carbocycles. The summed E-state index contributed by atoms with van der Waals surface area (Å²) in [6, 6.07) is 6.62. The lowest BCUT2D eigenvalue weighted by Crippen LogP contribution is -2.48. The van der Waals surface area contributed by atoms with Crippen LogP contribution in [0.3, 0.4) is 0 Å². The number of hydrogen-bond acceptors (Lipinski definition) is 3. The molecule has 0 atom stereocenters. The predicted molar refractivity (Wildman–Crippen MR) is 70.1 cm³/mol. The molecule has 2 rings (SSSR count). The van der Waals surface area contributed by atoms with Crippen molar-refractivity contribution in [1.29, 1.82) is 0 Å². The van der Waals surface area contributed by atoms with Crippen LogP contribution >= 0.6 is 0 Å². The van der Waals surface area contributed by atoms with E-state index in [2.05, 4.69) is 0 Å². The topological polar surface area (TPSA) is 27.7 Å². The largest absolute Gasteiger partial charge is 0.366 e. The van der Waals surface area contributed by atoms with E-state index in [4.69, 9.17) is 14.2 Å². The minimum atomic E-state index is -0.520. The molecule has 0 unspecified atom stereocenters. The standard InChI is InChI=1S/C15H21FO3/c1-11(2)14-17-9-15(3,10-18-14)19-8-12-6-4-5-7-13(12)16/h4-7,11,14H,8-10H2,1-3H3. The molecule has 0 aromatic heterocycles. The number of benzene rings is 1. The number of rotatable bonds is 4. The third-order valence-corrected chi connectivity index (χ3v) is 3.18. The Kier molecular flexibility index (Phi) is 4.55. The van der Waals surface area contributed by atoms with E-state index in [0.717, 1.165) is 0 Å². The Labute approximate surface area is 113 Å². The monoisotopic (exact) mass is 268 g/mol. The van der Waals surface area contributed by atoms with Crippen molar-refractivity contribution in [2.45, 2.75) is 39.3 Å². The molecule has 19 heavy (non-hydrogen) atoms. The second-order valence-electron chi connectivity index (χ2n) is 5.56. The van der Waals surface area contributed by atoms with E-state index in [-0.39, 0.29) is 18.7 Å². The number of halogens is 1. The highest BCUT2D eigenvalue weighted by atomic mass is 19.1. The summed E-state index contributed by atoms with van der Waals surface area (Å²) in [6.45, 7) is 7.17. The molecule has 0 spiro atoms. The van der Waals surface area contributed by atoms with Gasteiger partial charge in [-0.3, -0.25) is 0 Å². The predicted octanol–water partition coefficient (Wildman–Crippen LogP) is 3.13. The van der Waals surface area contributed by atoms with Gasteiger partial charge >= 0.3 is 0 Å². The first-order valence-electron chi connectivity index (χ1n) is 6.61. The summed E-state index contributed by atoms with van der Waals surface area (Å²) in [7, 11) is 0. The van der Waals surface area contributed by atoms with Crippen molar-refractivity contribution in [1.82, 2.24) is 0 Å². The van der Waals surface area contributed by atoms with Gasteiger partial charge in [0.1, 0.15) is 11.4 Å².